The van der Waals surface area contributed by atoms with Crippen molar-refractivity contribution in [3.8, 4) is 6.07 Å². The summed E-state index contributed by atoms with van der Waals surface area (Å²) < 4.78 is 5.08. The van der Waals surface area contributed by atoms with Crippen molar-refractivity contribution in [1.82, 2.24) is 10.1 Å². The minimum atomic E-state index is -0.0789. The maximum Gasteiger partial charge on any atom is 0.276 e. The van der Waals surface area contributed by atoms with Gasteiger partial charge in [-0.1, -0.05) is 36.0 Å². The molecule has 1 aromatic heterocycles. The molecule has 0 N–H and O–H groups in total. The third-order valence-electron chi connectivity index (χ3n) is 6.32. The Labute approximate surface area is 182 Å². The molecule has 1 aliphatic carbocycles. The molecule has 2 fully saturated rings. The molecule has 1 saturated heterocycles. The molecule has 0 spiro atoms. The first-order chi connectivity index (χ1) is 14.5. The number of hydrogen-bond acceptors (Lipinski definition) is 5. The Morgan fingerprint density at radius 2 is 2.10 bits per heavy atom. The van der Waals surface area contributed by atoms with Gasteiger partial charge in [-0.15, -0.1) is 0 Å². The maximum atomic E-state index is 12.8. The van der Waals surface area contributed by atoms with Crippen LogP contribution in [0.3, 0.4) is 0 Å². The molecule has 2 heterocycles. The third-order valence-corrected chi connectivity index (χ3v) is 6.64. The van der Waals surface area contributed by atoms with Crippen LogP contribution in [0.5, 0.6) is 0 Å². The molecule has 1 saturated carbocycles. The number of rotatable bonds is 5. The van der Waals surface area contributed by atoms with Gasteiger partial charge in [0.05, 0.1) is 10.6 Å². The van der Waals surface area contributed by atoms with Gasteiger partial charge in [-0.3, -0.25) is 4.79 Å². The molecule has 158 valence electrons. The van der Waals surface area contributed by atoms with E-state index in [1.807, 2.05) is 17.0 Å². The molecular weight excluding hydrogens is 400 g/mol. The van der Waals surface area contributed by atoms with Crippen molar-refractivity contribution in [3.05, 3.63) is 46.3 Å². The quantitative estimate of drug-likeness (QED) is 0.685. The number of carbonyl (C=O) groups excluding carboxylic acids is 1. The van der Waals surface area contributed by atoms with Crippen LogP contribution in [0.15, 0.2) is 28.8 Å². The number of aryl methyl sites for hydroxylation is 1. The number of anilines is 1. The highest BCUT2D eigenvalue weighted by Gasteiger charge is 2.33. The molecule has 1 aromatic carbocycles. The summed E-state index contributed by atoms with van der Waals surface area (Å²) in [6.07, 6.45) is 7.28. The van der Waals surface area contributed by atoms with Gasteiger partial charge in [0.2, 0.25) is 0 Å². The fourth-order valence-corrected chi connectivity index (χ4v) is 4.91. The van der Waals surface area contributed by atoms with E-state index in [0.717, 1.165) is 18.7 Å². The Balaban J connectivity index is 1.54. The number of carbonyl (C=O) groups is 1. The molecule has 1 amide bonds. The van der Waals surface area contributed by atoms with Gasteiger partial charge >= 0.3 is 0 Å². The van der Waals surface area contributed by atoms with Gasteiger partial charge in [0.25, 0.3) is 5.91 Å². The maximum absolute atomic E-state index is 12.8. The van der Waals surface area contributed by atoms with E-state index >= 15 is 0 Å². The lowest BCUT2D eigenvalue weighted by Crippen LogP contribution is -2.42. The highest BCUT2D eigenvalue weighted by atomic mass is 35.5. The molecule has 4 rings (SSSR count). The zero-order chi connectivity index (χ0) is 21.1. The van der Waals surface area contributed by atoms with Crippen LogP contribution in [0.25, 0.3) is 0 Å². The Kier molecular flexibility index (Phi) is 6.29. The summed E-state index contributed by atoms with van der Waals surface area (Å²) in [5.41, 5.74) is 1.89. The van der Waals surface area contributed by atoms with Crippen LogP contribution in [0.1, 0.15) is 60.3 Å². The summed E-state index contributed by atoms with van der Waals surface area (Å²) in [7, 11) is 0. The average molecular weight is 427 g/mol. The molecule has 1 unspecified atom stereocenters. The standard InChI is InChI=1S/C23H27ClN4O2/c1-16-11-22(26-30-16)23(29)27-10-9-20(15-27)28(14-17-5-3-2-4-6-17)19-8-7-18(13-25)21(24)12-19/h7-8,11-12,17,20H,2-6,9-10,14-15H2,1H3. The van der Waals surface area contributed by atoms with Gasteiger partial charge in [0.1, 0.15) is 11.8 Å². The SMILES string of the molecule is Cc1cc(C(=O)N2CCC(N(CC3CCCCC3)c3ccc(C#N)c(Cl)c3)C2)no1. The van der Waals surface area contributed by atoms with E-state index in [2.05, 4.69) is 16.1 Å². The molecular formula is C23H27ClN4O2. The number of hydrogen-bond donors (Lipinski definition) is 0. The topological polar surface area (TPSA) is 73.4 Å². The minimum Gasteiger partial charge on any atom is -0.366 e. The Bertz CT molecular complexity index is 945. The van der Waals surface area contributed by atoms with Crippen LogP contribution in [0, 0.1) is 24.2 Å². The van der Waals surface area contributed by atoms with E-state index < -0.39 is 0 Å². The Morgan fingerprint density at radius 1 is 1.30 bits per heavy atom. The lowest BCUT2D eigenvalue weighted by molar-refractivity contribution is 0.0780. The van der Waals surface area contributed by atoms with Gasteiger partial charge < -0.3 is 14.3 Å². The molecule has 2 aliphatic rings. The minimum absolute atomic E-state index is 0.0789. The summed E-state index contributed by atoms with van der Waals surface area (Å²) in [6.45, 7) is 4.09. The molecule has 2 aromatic rings. The van der Waals surface area contributed by atoms with Gasteiger partial charge in [0, 0.05) is 37.4 Å². The van der Waals surface area contributed by atoms with Crippen LogP contribution < -0.4 is 4.90 Å². The van der Waals surface area contributed by atoms with E-state index in [4.69, 9.17) is 16.1 Å². The monoisotopic (exact) mass is 426 g/mol. The molecule has 7 heteroatoms. The first kappa shape index (κ1) is 20.7. The highest BCUT2D eigenvalue weighted by molar-refractivity contribution is 6.32. The van der Waals surface area contributed by atoms with Gasteiger partial charge in [-0.25, -0.2) is 0 Å². The van der Waals surface area contributed by atoms with Crippen molar-refractivity contribution in [3.63, 3.8) is 0 Å². The van der Waals surface area contributed by atoms with Crippen LogP contribution in [0.4, 0.5) is 5.69 Å². The largest absolute Gasteiger partial charge is 0.366 e. The van der Waals surface area contributed by atoms with Crippen LogP contribution >= 0.6 is 11.6 Å². The summed E-state index contributed by atoms with van der Waals surface area (Å²) in [5.74, 6) is 1.21. The molecule has 6 nitrogen and oxygen atoms in total. The summed E-state index contributed by atoms with van der Waals surface area (Å²) in [5, 5.41) is 13.6. The van der Waals surface area contributed by atoms with Crippen molar-refractivity contribution < 1.29 is 9.32 Å². The number of benzene rings is 1. The fourth-order valence-electron chi connectivity index (χ4n) is 4.70. The number of aromatic nitrogens is 1. The van der Waals surface area contributed by atoms with Crippen LogP contribution in [0.2, 0.25) is 5.02 Å². The number of nitriles is 1. The average Bonchev–Trinajstić information content (AvgIpc) is 3.42. The van der Waals surface area contributed by atoms with Crippen molar-refractivity contribution in [1.29, 1.82) is 5.26 Å². The summed E-state index contributed by atoms with van der Waals surface area (Å²) in [6, 6.07) is 9.72. The Hall–Kier alpha value is -2.52. The van der Waals surface area contributed by atoms with Gasteiger partial charge in [-0.05, 0) is 50.3 Å². The highest BCUT2D eigenvalue weighted by Crippen LogP contribution is 2.32. The smallest absolute Gasteiger partial charge is 0.276 e. The van der Waals surface area contributed by atoms with Crippen molar-refractivity contribution in [2.45, 2.75) is 51.5 Å². The zero-order valence-electron chi connectivity index (χ0n) is 17.3. The fraction of sp³-hybridized carbons (Fsp3) is 0.522. The number of amides is 1. The van der Waals surface area contributed by atoms with E-state index in [9.17, 15) is 10.1 Å². The molecule has 1 atom stereocenters. The molecule has 30 heavy (non-hydrogen) atoms. The van der Waals surface area contributed by atoms with E-state index in [0.29, 0.717) is 41.0 Å². The predicted molar refractivity (Wildman–Crippen MR) is 116 cm³/mol. The summed E-state index contributed by atoms with van der Waals surface area (Å²) in [4.78, 5) is 17.1. The number of halogens is 1. The van der Waals surface area contributed by atoms with E-state index in [1.54, 1.807) is 19.1 Å². The molecule has 1 aliphatic heterocycles. The second-order valence-corrected chi connectivity index (χ2v) is 8.86. The van der Waals surface area contributed by atoms with Crippen LogP contribution in [-0.4, -0.2) is 41.6 Å². The Morgan fingerprint density at radius 3 is 2.77 bits per heavy atom. The lowest BCUT2D eigenvalue weighted by atomic mass is 9.88. The molecule has 0 radical (unpaired) electrons. The normalized spacial score (nSPS) is 19.6. The van der Waals surface area contributed by atoms with Crippen molar-refractivity contribution >= 4 is 23.2 Å². The first-order valence-electron chi connectivity index (χ1n) is 10.7. The predicted octanol–water partition coefficient (Wildman–Crippen LogP) is 4.81. The van der Waals surface area contributed by atoms with Crippen molar-refractivity contribution in [2.24, 2.45) is 5.92 Å². The second-order valence-electron chi connectivity index (χ2n) is 8.45. The van der Waals surface area contributed by atoms with Gasteiger partial charge in [0.15, 0.2) is 5.69 Å². The number of likely N-dealkylation sites (tertiary alicyclic amines) is 1. The summed E-state index contributed by atoms with van der Waals surface area (Å²) >= 11 is 6.35. The van der Waals surface area contributed by atoms with E-state index in [1.165, 1.54) is 32.1 Å². The van der Waals surface area contributed by atoms with Crippen LogP contribution in [-0.2, 0) is 0 Å². The third kappa shape index (κ3) is 4.46. The molecule has 0 bridgehead atoms. The van der Waals surface area contributed by atoms with E-state index in [-0.39, 0.29) is 11.9 Å². The van der Waals surface area contributed by atoms with Gasteiger partial charge in [-0.2, -0.15) is 5.26 Å². The first-order valence-corrected chi connectivity index (χ1v) is 11.1. The number of nitrogens with zero attached hydrogens (tertiary/aromatic N) is 4. The lowest BCUT2D eigenvalue weighted by Gasteiger charge is -2.36. The zero-order valence-corrected chi connectivity index (χ0v) is 18.1. The second kappa shape index (κ2) is 9.09. The van der Waals surface area contributed by atoms with Crippen molar-refractivity contribution in [2.75, 3.05) is 24.5 Å².